The molecule has 1 rings (SSSR count). The van der Waals surface area contributed by atoms with Crippen molar-refractivity contribution in [2.75, 3.05) is 0 Å². The minimum Gasteiger partial charge on any atom is -0.285 e. The monoisotopic (exact) mass is 145 g/mol. The van der Waals surface area contributed by atoms with Gasteiger partial charge in [0.1, 0.15) is 0 Å². The highest BCUT2D eigenvalue weighted by Crippen LogP contribution is 2.06. The van der Waals surface area contributed by atoms with Gasteiger partial charge in [-0.25, -0.2) is 0 Å². The van der Waals surface area contributed by atoms with Crippen LogP contribution < -0.4 is 0 Å². The van der Waals surface area contributed by atoms with Crippen molar-refractivity contribution in [3.8, 4) is 0 Å². The summed E-state index contributed by atoms with van der Waals surface area (Å²) >= 11 is 0. The highest BCUT2D eigenvalue weighted by atomic mass is 16.1. The van der Waals surface area contributed by atoms with Crippen LogP contribution in [0, 0.1) is 0 Å². The lowest BCUT2D eigenvalue weighted by atomic mass is 10.1. The lowest BCUT2D eigenvalue weighted by molar-refractivity contribution is 0.562. The molecule has 0 bridgehead atoms. The molecule has 0 unspecified atom stereocenters. The van der Waals surface area contributed by atoms with Crippen molar-refractivity contribution in [3.63, 3.8) is 0 Å². The van der Waals surface area contributed by atoms with Crippen molar-refractivity contribution in [1.29, 1.82) is 0 Å². The molecular weight excluding hydrogens is 136 g/mol. The van der Waals surface area contributed by atoms with Gasteiger partial charge < -0.3 is 0 Å². The molecule has 0 heterocycles. The van der Waals surface area contributed by atoms with Gasteiger partial charge in [-0.15, -0.1) is 6.58 Å². The molecule has 1 nitrogen and oxygen atoms in total. The Bertz CT molecular complexity index is 263. The Balaban J connectivity index is 3.01. The van der Waals surface area contributed by atoms with Crippen molar-refractivity contribution < 1.29 is 4.79 Å². The van der Waals surface area contributed by atoms with Crippen molar-refractivity contribution >= 4 is 6.29 Å². The molecule has 1 aromatic rings. The maximum atomic E-state index is 10.3. The normalized spacial score (nSPS) is 9.09. The second-order valence-electron chi connectivity index (χ2n) is 2.25. The van der Waals surface area contributed by atoms with Crippen LogP contribution in [0.4, 0.5) is 0 Å². The molecule has 1 heteroatoms. The predicted octanol–water partition coefficient (Wildman–Crippen LogP) is 1.87. The summed E-state index contributed by atoms with van der Waals surface area (Å²) in [7, 11) is 0. The van der Waals surface area contributed by atoms with Gasteiger partial charge in [0.05, 0.1) is 0 Å². The topological polar surface area (TPSA) is 17.1 Å². The van der Waals surface area contributed by atoms with Crippen LogP contribution in [0.2, 0.25) is 0 Å². The zero-order valence-electron chi connectivity index (χ0n) is 6.21. The Morgan fingerprint density at radius 3 is 2.82 bits per heavy atom. The summed E-state index contributed by atoms with van der Waals surface area (Å²) in [5.74, 6) is 0. The fraction of sp³-hybridized carbons (Fsp3) is 0.100. The Morgan fingerprint density at radius 1 is 1.45 bits per heavy atom. The van der Waals surface area contributed by atoms with Gasteiger partial charge in [-0.2, -0.15) is 0 Å². The van der Waals surface area contributed by atoms with Crippen LogP contribution in [0.15, 0.2) is 36.9 Å². The summed E-state index contributed by atoms with van der Waals surface area (Å²) in [6.07, 6.45) is 4.38. The zero-order chi connectivity index (χ0) is 8.10. The SMILES string of the molecule is C=CCc1ccccc1[C]=O. The third kappa shape index (κ3) is 1.77. The fourth-order valence-corrected chi connectivity index (χ4v) is 0.953. The predicted molar refractivity (Wildman–Crippen MR) is 45.1 cm³/mol. The summed E-state index contributed by atoms with van der Waals surface area (Å²) in [4.78, 5) is 10.3. The lowest BCUT2D eigenvalue weighted by Crippen LogP contribution is -1.89. The first-order valence-electron chi connectivity index (χ1n) is 3.45. The molecule has 1 aromatic carbocycles. The minimum atomic E-state index is 0.632. The van der Waals surface area contributed by atoms with Gasteiger partial charge in [0.15, 0.2) is 0 Å². The molecule has 0 N–H and O–H groups in total. The molecule has 0 aliphatic carbocycles. The third-order valence-electron chi connectivity index (χ3n) is 1.49. The average molecular weight is 145 g/mol. The number of allylic oxidation sites excluding steroid dienone is 1. The molecule has 0 atom stereocenters. The van der Waals surface area contributed by atoms with Crippen LogP contribution in [-0.2, 0) is 11.2 Å². The average Bonchev–Trinajstić information content (AvgIpc) is 2.06. The van der Waals surface area contributed by atoms with Crippen molar-refractivity contribution in [1.82, 2.24) is 0 Å². The number of hydrogen-bond donors (Lipinski definition) is 0. The van der Waals surface area contributed by atoms with Gasteiger partial charge in [-0.3, -0.25) is 4.79 Å². The highest BCUT2D eigenvalue weighted by molar-refractivity contribution is 5.77. The smallest absolute Gasteiger partial charge is 0.233 e. The summed E-state index contributed by atoms with van der Waals surface area (Å²) in [6.45, 7) is 3.60. The van der Waals surface area contributed by atoms with E-state index >= 15 is 0 Å². The van der Waals surface area contributed by atoms with Crippen molar-refractivity contribution in [3.05, 3.63) is 48.0 Å². The first-order chi connectivity index (χ1) is 5.38. The van der Waals surface area contributed by atoms with Crippen LogP contribution in [0.1, 0.15) is 11.1 Å². The number of benzene rings is 1. The number of hydrogen-bond acceptors (Lipinski definition) is 1. The summed E-state index contributed by atoms with van der Waals surface area (Å²) in [5, 5.41) is 0. The first kappa shape index (κ1) is 7.73. The molecule has 11 heavy (non-hydrogen) atoms. The van der Waals surface area contributed by atoms with Gasteiger partial charge >= 0.3 is 0 Å². The van der Waals surface area contributed by atoms with Crippen LogP contribution in [0.25, 0.3) is 0 Å². The van der Waals surface area contributed by atoms with E-state index in [-0.39, 0.29) is 0 Å². The summed E-state index contributed by atoms with van der Waals surface area (Å²) < 4.78 is 0. The van der Waals surface area contributed by atoms with Gasteiger partial charge in [0, 0.05) is 5.56 Å². The molecule has 0 spiro atoms. The van der Waals surface area contributed by atoms with E-state index in [1.165, 1.54) is 0 Å². The Morgan fingerprint density at radius 2 is 2.18 bits per heavy atom. The molecule has 0 saturated carbocycles. The maximum Gasteiger partial charge on any atom is 0.233 e. The minimum absolute atomic E-state index is 0.632. The zero-order valence-corrected chi connectivity index (χ0v) is 6.21. The van der Waals surface area contributed by atoms with E-state index in [2.05, 4.69) is 6.58 Å². The Hall–Kier alpha value is -1.37. The highest BCUT2D eigenvalue weighted by Gasteiger charge is 1.96. The number of rotatable bonds is 3. The first-order valence-corrected chi connectivity index (χ1v) is 3.45. The number of carbonyl (C=O) groups excluding carboxylic acids is 1. The standard InChI is InChI=1S/C10H9O/c1-2-5-9-6-3-4-7-10(9)8-11/h2-4,6-7H,1,5H2. The van der Waals surface area contributed by atoms with E-state index in [9.17, 15) is 4.79 Å². The molecular formula is C10H9O. The van der Waals surface area contributed by atoms with Gasteiger partial charge in [-0.1, -0.05) is 30.3 Å². The lowest BCUT2D eigenvalue weighted by Gasteiger charge is -1.97. The Kier molecular flexibility index (Phi) is 2.61. The second kappa shape index (κ2) is 3.71. The van der Waals surface area contributed by atoms with Crippen LogP contribution >= 0.6 is 0 Å². The summed E-state index contributed by atoms with van der Waals surface area (Å²) in [5.41, 5.74) is 1.62. The van der Waals surface area contributed by atoms with E-state index in [0.717, 1.165) is 12.0 Å². The molecule has 0 aliphatic heterocycles. The molecule has 0 amide bonds. The van der Waals surface area contributed by atoms with E-state index in [4.69, 9.17) is 0 Å². The van der Waals surface area contributed by atoms with Crippen molar-refractivity contribution in [2.45, 2.75) is 6.42 Å². The van der Waals surface area contributed by atoms with E-state index in [1.807, 2.05) is 24.5 Å². The van der Waals surface area contributed by atoms with Crippen LogP contribution in [0.5, 0.6) is 0 Å². The molecule has 1 radical (unpaired) electrons. The third-order valence-corrected chi connectivity index (χ3v) is 1.49. The fourth-order valence-electron chi connectivity index (χ4n) is 0.953. The molecule has 0 aliphatic rings. The molecule has 0 saturated heterocycles. The quantitative estimate of drug-likeness (QED) is 0.593. The largest absolute Gasteiger partial charge is 0.285 e. The van der Waals surface area contributed by atoms with E-state index in [1.54, 1.807) is 12.1 Å². The van der Waals surface area contributed by atoms with Crippen molar-refractivity contribution in [2.24, 2.45) is 0 Å². The van der Waals surface area contributed by atoms with E-state index in [0.29, 0.717) is 5.56 Å². The Labute approximate surface area is 66.4 Å². The van der Waals surface area contributed by atoms with Crippen LogP contribution in [0.3, 0.4) is 0 Å². The molecule has 55 valence electrons. The summed E-state index contributed by atoms with van der Waals surface area (Å²) in [6, 6.07) is 7.39. The van der Waals surface area contributed by atoms with Gasteiger partial charge in [0.2, 0.25) is 6.29 Å². The second-order valence-corrected chi connectivity index (χ2v) is 2.25. The van der Waals surface area contributed by atoms with Crippen LogP contribution in [-0.4, -0.2) is 6.29 Å². The molecule has 0 fully saturated rings. The molecule has 0 aromatic heterocycles. The van der Waals surface area contributed by atoms with Gasteiger partial charge in [0.25, 0.3) is 0 Å². The van der Waals surface area contributed by atoms with Gasteiger partial charge in [-0.05, 0) is 12.0 Å². The van der Waals surface area contributed by atoms with E-state index < -0.39 is 0 Å². The maximum absolute atomic E-state index is 10.3.